The van der Waals surface area contributed by atoms with Crippen molar-refractivity contribution in [3.8, 4) is 11.8 Å². The Labute approximate surface area is 229 Å². The maximum atomic E-state index is 12.4. The molecule has 0 radical (unpaired) electrons. The average molecular weight is 556 g/mol. The van der Waals surface area contributed by atoms with E-state index in [9.17, 15) is 19.8 Å². The van der Waals surface area contributed by atoms with E-state index in [1.165, 1.54) is 6.33 Å². The predicted octanol–water partition coefficient (Wildman–Crippen LogP) is -0.284. The number of nitrogens with one attached hydrogen (secondary N) is 3. The number of carbonyl (C=O) groups excluding carboxylic acids is 2. The van der Waals surface area contributed by atoms with Gasteiger partial charge in [0.25, 0.3) is 0 Å². The zero-order valence-electron chi connectivity index (χ0n) is 21.4. The van der Waals surface area contributed by atoms with Crippen molar-refractivity contribution in [2.75, 3.05) is 18.0 Å². The molecular weight excluding hydrogens is 522 g/mol. The lowest BCUT2D eigenvalue weighted by molar-refractivity contribution is -0.120. The number of nitrogens with two attached hydrogens (primary N) is 1. The molecule has 2 aromatic heterocycles. The summed E-state index contributed by atoms with van der Waals surface area (Å²) in [4.78, 5) is 32.4. The zero-order chi connectivity index (χ0) is 27.1. The number of urea groups is 1. The van der Waals surface area contributed by atoms with Gasteiger partial charge in [-0.2, -0.15) is 11.8 Å². The monoisotopic (exact) mass is 555 g/mol. The smallest absolute Gasteiger partial charge is 0.315 e. The Bertz CT molecular complexity index is 1320. The molecule has 3 aliphatic heterocycles. The van der Waals surface area contributed by atoms with E-state index in [0.29, 0.717) is 35.4 Å². The van der Waals surface area contributed by atoms with Crippen LogP contribution in [0, 0.1) is 17.8 Å². The van der Waals surface area contributed by atoms with Gasteiger partial charge in [-0.05, 0) is 18.8 Å². The molecule has 0 spiro atoms. The first-order valence-corrected chi connectivity index (χ1v) is 14.5. The van der Waals surface area contributed by atoms with Gasteiger partial charge in [0.1, 0.15) is 36.1 Å². The number of anilines is 1. The number of aliphatic hydroxyl groups is 2. The Morgan fingerprint density at radius 3 is 2.90 bits per heavy atom. The first-order valence-electron chi connectivity index (χ1n) is 13.4. The molecule has 6 rings (SSSR count). The van der Waals surface area contributed by atoms with E-state index >= 15 is 0 Å². The standard InChI is InChI=1S/C26H33N7O5S/c27-24-20-14(2-1-7-28-19(34)6-5-18-21-15(11-39-18)31-26(37)32-21)9-33(25(20)30-12-29-24)10-17-23(36)22(35)16(38-17)8-13-3-4-13/h9,12-13,15-18,21-23,35-36H,3-8,10-11H2,(H,28,34)(H2,27,29,30)(H2,31,32,37)/t15?,16-,17+,18?,21?,22?,23-/m1/s1. The number of nitrogen functional groups attached to an aromatic ring is 1. The average Bonchev–Trinajstić information content (AvgIpc) is 3.26. The fraction of sp³-hybridized carbons (Fsp3) is 0.615. The number of thioether (sulfide) groups is 1. The van der Waals surface area contributed by atoms with E-state index in [-0.39, 0.29) is 54.3 Å². The number of nitrogens with zero attached hydrogens (tertiary/aromatic N) is 3. The molecule has 7 N–H and O–H groups in total. The largest absolute Gasteiger partial charge is 0.388 e. The number of ether oxygens (including phenoxy) is 1. The number of hydrogen-bond donors (Lipinski definition) is 6. The van der Waals surface area contributed by atoms with Gasteiger partial charge in [0.05, 0.1) is 42.2 Å². The third-order valence-electron chi connectivity index (χ3n) is 7.97. The highest BCUT2D eigenvalue weighted by molar-refractivity contribution is 8.00. The first-order chi connectivity index (χ1) is 18.9. The molecule has 5 heterocycles. The van der Waals surface area contributed by atoms with Crippen molar-refractivity contribution in [2.45, 2.75) is 80.4 Å². The minimum Gasteiger partial charge on any atom is -0.388 e. The Morgan fingerprint density at radius 1 is 1.26 bits per heavy atom. The highest BCUT2D eigenvalue weighted by Gasteiger charge is 2.45. The molecule has 0 bridgehead atoms. The maximum absolute atomic E-state index is 12.4. The van der Waals surface area contributed by atoms with Gasteiger partial charge in [0.2, 0.25) is 5.91 Å². The molecule has 1 aliphatic carbocycles. The van der Waals surface area contributed by atoms with E-state index in [1.807, 2.05) is 4.57 Å². The number of rotatable bonds is 8. The number of carbonyl (C=O) groups is 2. The van der Waals surface area contributed by atoms with Gasteiger partial charge in [-0.1, -0.05) is 24.7 Å². The molecule has 13 heteroatoms. The Balaban J connectivity index is 1.07. The Morgan fingerprint density at radius 2 is 2.08 bits per heavy atom. The first kappa shape index (κ1) is 26.2. The number of hydrogen-bond acceptors (Lipinski definition) is 9. The van der Waals surface area contributed by atoms with Crippen molar-refractivity contribution in [3.05, 3.63) is 18.1 Å². The van der Waals surface area contributed by atoms with E-state index in [0.717, 1.165) is 25.0 Å². The third-order valence-corrected chi connectivity index (χ3v) is 9.48. The van der Waals surface area contributed by atoms with Gasteiger partial charge in [-0.3, -0.25) is 4.79 Å². The topological polar surface area (TPSA) is 177 Å². The maximum Gasteiger partial charge on any atom is 0.315 e. The van der Waals surface area contributed by atoms with E-state index in [1.54, 1.807) is 18.0 Å². The van der Waals surface area contributed by atoms with Crippen LogP contribution in [0.25, 0.3) is 11.0 Å². The normalized spacial score (nSPS) is 31.4. The van der Waals surface area contributed by atoms with Crippen LogP contribution in [-0.4, -0.2) is 90.7 Å². The summed E-state index contributed by atoms with van der Waals surface area (Å²) in [6.07, 6.45) is 4.38. The molecule has 0 aromatic carbocycles. The van der Waals surface area contributed by atoms with Crippen LogP contribution in [-0.2, 0) is 16.1 Å². The number of amides is 3. The molecule has 3 amide bonds. The molecule has 3 saturated heterocycles. The van der Waals surface area contributed by atoms with Crippen LogP contribution < -0.4 is 21.7 Å². The van der Waals surface area contributed by atoms with Crippen LogP contribution >= 0.6 is 11.8 Å². The minimum atomic E-state index is -0.996. The lowest BCUT2D eigenvalue weighted by atomic mass is 10.0. The molecule has 12 nitrogen and oxygen atoms in total. The van der Waals surface area contributed by atoms with Gasteiger partial charge in [-0.15, -0.1) is 0 Å². The summed E-state index contributed by atoms with van der Waals surface area (Å²) in [7, 11) is 0. The lowest BCUT2D eigenvalue weighted by Crippen LogP contribution is -2.37. The highest BCUT2D eigenvalue weighted by Crippen LogP contribution is 2.38. The molecular formula is C26H33N7O5S. The summed E-state index contributed by atoms with van der Waals surface area (Å²) in [5.74, 6) is 7.66. The SMILES string of the molecule is Nc1ncnc2c1c(C#CCNC(=O)CCC1SCC3NC(=O)NC31)cn2C[C@@H]1O[C@H](CC2CC2)C(O)[C@@H]1O. The molecule has 4 fully saturated rings. The van der Waals surface area contributed by atoms with Crippen LogP contribution in [0.5, 0.6) is 0 Å². The second-order valence-electron chi connectivity index (χ2n) is 10.8. The second kappa shape index (κ2) is 10.8. The van der Waals surface area contributed by atoms with Gasteiger partial charge < -0.3 is 41.2 Å². The van der Waals surface area contributed by atoms with Crippen molar-refractivity contribution in [1.29, 1.82) is 0 Å². The molecule has 1 saturated carbocycles. The van der Waals surface area contributed by atoms with Gasteiger partial charge in [0.15, 0.2) is 0 Å². The van der Waals surface area contributed by atoms with E-state index in [2.05, 4.69) is 37.8 Å². The summed E-state index contributed by atoms with van der Waals surface area (Å²) in [6.45, 7) is 0.447. The van der Waals surface area contributed by atoms with Crippen molar-refractivity contribution in [1.82, 2.24) is 30.5 Å². The van der Waals surface area contributed by atoms with Crippen molar-refractivity contribution in [2.24, 2.45) is 5.92 Å². The molecule has 4 aliphatic rings. The summed E-state index contributed by atoms with van der Waals surface area (Å²) in [6, 6.07) is 0.0746. The zero-order valence-corrected chi connectivity index (χ0v) is 22.2. The van der Waals surface area contributed by atoms with Crippen LogP contribution in [0.1, 0.15) is 37.7 Å². The molecule has 2 aromatic rings. The van der Waals surface area contributed by atoms with Gasteiger partial charge in [-0.25, -0.2) is 14.8 Å². The fourth-order valence-electron chi connectivity index (χ4n) is 5.72. The van der Waals surface area contributed by atoms with Gasteiger partial charge >= 0.3 is 6.03 Å². The van der Waals surface area contributed by atoms with Crippen LogP contribution in [0.4, 0.5) is 10.6 Å². The molecule has 39 heavy (non-hydrogen) atoms. The third kappa shape index (κ3) is 5.51. The van der Waals surface area contributed by atoms with Gasteiger partial charge in [0, 0.05) is 23.6 Å². The minimum absolute atomic E-state index is 0.0724. The predicted molar refractivity (Wildman–Crippen MR) is 145 cm³/mol. The Hall–Kier alpha value is -3.05. The fourth-order valence-corrected chi connectivity index (χ4v) is 7.21. The Kier molecular flexibility index (Phi) is 7.28. The summed E-state index contributed by atoms with van der Waals surface area (Å²) >= 11 is 1.78. The van der Waals surface area contributed by atoms with Crippen LogP contribution in [0.3, 0.4) is 0 Å². The van der Waals surface area contributed by atoms with Crippen LogP contribution in [0.15, 0.2) is 12.5 Å². The summed E-state index contributed by atoms with van der Waals surface area (Å²) < 4.78 is 7.86. The van der Waals surface area contributed by atoms with Crippen molar-refractivity contribution in [3.63, 3.8) is 0 Å². The quantitative estimate of drug-likeness (QED) is 0.189. The molecule has 7 atom stereocenters. The van der Waals surface area contributed by atoms with E-state index < -0.39 is 18.3 Å². The van der Waals surface area contributed by atoms with Crippen molar-refractivity contribution >= 4 is 40.6 Å². The summed E-state index contributed by atoms with van der Waals surface area (Å²) in [5, 5.41) is 30.6. The molecule has 4 unspecified atom stereocenters. The number of aliphatic hydroxyl groups excluding tert-OH is 2. The second-order valence-corrected chi connectivity index (χ2v) is 12.0. The van der Waals surface area contributed by atoms with E-state index in [4.69, 9.17) is 10.5 Å². The van der Waals surface area contributed by atoms with Crippen molar-refractivity contribution < 1.29 is 24.5 Å². The number of fused-ring (bicyclic) bond motifs is 2. The summed E-state index contributed by atoms with van der Waals surface area (Å²) in [5.41, 5.74) is 7.33. The highest BCUT2D eigenvalue weighted by atomic mass is 32.2. The number of aromatic nitrogens is 3. The lowest BCUT2D eigenvalue weighted by Gasteiger charge is -2.16. The van der Waals surface area contributed by atoms with Crippen LogP contribution in [0.2, 0.25) is 0 Å². The molecule has 208 valence electrons.